The smallest absolute Gasteiger partial charge is 0.266 e. The van der Waals surface area contributed by atoms with Gasteiger partial charge in [0.2, 0.25) is 0 Å². The normalized spacial score (nSPS) is 11.4. The lowest BCUT2D eigenvalue weighted by Gasteiger charge is -2.13. The van der Waals surface area contributed by atoms with Crippen molar-refractivity contribution in [3.63, 3.8) is 0 Å². The minimum absolute atomic E-state index is 0.211. The lowest BCUT2D eigenvalue weighted by molar-refractivity contribution is 0.104. The van der Waals surface area contributed by atoms with E-state index in [0.717, 1.165) is 12.8 Å². The number of furan rings is 1. The second-order valence-corrected chi connectivity index (χ2v) is 5.76. The highest BCUT2D eigenvalue weighted by Gasteiger charge is 2.20. The minimum atomic E-state index is -0.546. The Hall–Kier alpha value is -3.08. The van der Waals surface area contributed by atoms with E-state index in [1.54, 1.807) is 34.9 Å². The Morgan fingerprint density at radius 3 is 2.76 bits per heavy atom. The number of hydrogen-bond donors (Lipinski definition) is 1. The SMILES string of the molecule is CCCCn1c(=O)c(C(=O)C=Cc2ccco2)c(O)c2ccccc21. The molecule has 5 nitrogen and oxygen atoms in total. The maximum atomic E-state index is 12.8. The Balaban J connectivity index is 2.14. The van der Waals surface area contributed by atoms with Gasteiger partial charge in [0, 0.05) is 11.9 Å². The number of allylic oxidation sites excluding steroid dienone is 1. The number of rotatable bonds is 6. The number of unbranched alkanes of at least 4 members (excludes halogenated alkanes) is 1. The van der Waals surface area contributed by atoms with E-state index in [-0.39, 0.29) is 11.3 Å². The van der Waals surface area contributed by atoms with Crippen LogP contribution in [0.3, 0.4) is 0 Å². The third-order valence-corrected chi connectivity index (χ3v) is 4.07. The molecule has 1 aromatic carbocycles. The van der Waals surface area contributed by atoms with Gasteiger partial charge in [0.15, 0.2) is 5.78 Å². The molecule has 0 amide bonds. The molecule has 0 unspecified atom stereocenters. The van der Waals surface area contributed by atoms with Crippen molar-refractivity contribution in [2.45, 2.75) is 26.3 Å². The van der Waals surface area contributed by atoms with Crippen molar-refractivity contribution >= 4 is 22.8 Å². The predicted molar refractivity (Wildman–Crippen MR) is 96.9 cm³/mol. The summed E-state index contributed by atoms with van der Waals surface area (Å²) in [6, 6.07) is 10.5. The van der Waals surface area contributed by atoms with Gasteiger partial charge in [-0.2, -0.15) is 0 Å². The quantitative estimate of drug-likeness (QED) is 0.545. The number of nitrogens with zero attached hydrogens (tertiary/aromatic N) is 1. The van der Waals surface area contributed by atoms with Gasteiger partial charge >= 0.3 is 0 Å². The maximum Gasteiger partial charge on any atom is 0.266 e. The molecule has 2 aromatic heterocycles. The molecule has 0 aliphatic heterocycles. The van der Waals surface area contributed by atoms with Crippen molar-refractivity contribution in [2.75, 3.05) is 0 Å². The third-order valence-electron chi connectivity index (χ3n) is 4.07. The van der Waals surface area contributed by atoms with Gasteiger partial charge in [-0.25, -0.2) is 0 Å². The Morgan fingerprint density at radius 2 is 2.04 bits per heavy atom. The molecule has 1 N–H and O–H groups in total. The number of aromatic hydroxyl groups is 1. The fraction of sp³-hybridized carbons (Fsp3) is 0.200. The van der Waals surface area contributed by atoms with Crippen molar-refractivity contribution in [3.05, 3.63) is 70.4 Å². The first-order chi connectivity index (χ1) is 12.1. The van der Waals surface area contributed by atoms with Crippen molar-refractivity contribution in [2.24, 2.45) is 0 Å². The van der Waals surface area contributed by atoms with Crippen molar-refractivity contribution < 1.29 is 14.3 Å². The van der Waals surface area contributed by atoms with Gasteiger partial charge in [0.05, 0.1) is 11.8 Å². The lowest BCUT2D eigenvalue weighted by atomic mass is 10.1. The molecule has 0 saturated carbocycles. The van der Waals surface area contributed by atoms with Gasteiger partial charge in [-0.05, 0) is 42.8 Å². The molecule has 0 saturated heterocycles. The van der Waals surface area contributed by atoms with E-state index in [4.69, 9.17) is 4.42 Å². The highest BCUT2D eigenvalue weighted by atomic mass is 16.3. The number of carbonyl (C=O) groups excluding carboxylic acids is 1. The average Bonchev–Trinajstić information content (AvgIpc) is 3.13. The largest absolute Gasteiger partial charge is 0.506 e. The van der Waals surface area contributed by atoms with Crippen LogP contribution in [0.15, 0.2) is 57.9 Å². The molecular formula is C20H19NO4. The molecule has 2 heterocycles. The molecule has 0 aliphatic carbocycles. The topological polar surface area (TPSA) is 72.4 Å². The molecule has 0 atom stereocenters. The fourth-order valence-electron chi connectivity index (χ4n) is 2.78. The van der Waals surface area contributed by atoms with Gasteiger partial charge in [-0.15, -0.1) is 0 Å². The molecule has 25 heavy (non-hydrogen) atoms. The molecule has 0 radical (unpaired) electrons. The lowest BCUT2D eigenvalue weighted by Crippen LogP contribution is -2.26. The van der Waals surface area contributed by atoms with Gasteiger partial charge < -0.3 is 14.1 Å². The Morgan fingerprint density at radius 1 is 1.24 bits per heavy atom. The third kappa shape index (κ3) is 3.26. The molecule has 0 bridgehead atoms. The summed E-state index contributed by atoms with van der Waals surface area (Å²) in [7, 11) is 0. The monoisotopic (exact) mass is 337 g/mol. The first kappa shape index (κ1) is 16.8. The van der Waals surface area contributed by atoms with E-state index < -0.39 is 11.3 Å². The molecule has 5 heteroatoms. The van der Waals surface area contributed by atoms with E-state index in [1.807, 2.05) is 13.0 Å². The number of hydrogen-bond acceptors (Lipinski definition) is 4. The first-order valence-corrected chi connectivity index (χ1v) is 8.24. The van der Waals surface area contributed by atoms with E-state index in [0.29, 0.717) is 23.2 Å². The standard InChI is InChI=1S/C20H19NO4/c1-2-3-12-21-16-9-5-4-8-15(16)19(23)18(20(21)24)17(22)11-10-14-7-6-13-25-14/h4-11,13,23H,2-3,12H2,1H3. The van der Waals surface area contributed by atoms with E-state index >= 15 is 0 Å². The number of benzene rings is 1. The Labute approximate surface area is 144 Å². The summed E-state index contributed by atoms with van der Waals surface area (Å²) in [5.41, 5.74) is -0.0543. The molecular weight excluding hydrogens is 318 g/mol. The van der Waals surface area contributed by atoms with Crippen LogP contribution in [0.4, 0.5) is 0 Å². The van der Waals surface area contributed by atoms with Crippen LogP contribution in [-0.2, 0) is 6.54 Å². The summed E-state index contributed by atoms with van der Waals surface area (Å²) >= 11 is 0. The van der Waals surface area contributed by atoms with Crippen molar-refractivity contribution in [1.82, 2.24) is 4.57 Å². The molecule has 0 aliphatic rings. The average molecular weight is 337 g/mol. The maximum absolute atomic E-state index is 12.8. The van der Waals surface area contributed by atoms with Gasteiger partial charge in [-0.3, -0.25) is 9.59 Å². The fourth-order valence-corrected chi connectivity index (χ4v) is 2.78. The number of para-hydroxylation sites is 1. The van der Waals surface area contributed by atoms with E-state index in [2.05, 4.69) is 0 Å². The highest BCUT2D eigenvalue weighted by molar-refractivity contribution is 6.11. The predicted octanol–water partition coefficient (Wildman–Crippen LogP) is 4.00. The molecule has 3 aromatic rings. The minimum Gasteiger partial charge on any atom is -0.506 e. The summed E-state index contributed by atoms with van der Waals surface area (Å²) in [4.78, 5) is 25.4. The van der Waals surface area contributed by atoms with Gasteiger partial charge in [0.25, 0.3) is 5.56 Å². The molecule has 0 spiro atoms. The number of fused-ring (bicyclic) bond motifs is 1. The Kier molecular flexibility index (Phi) is 4.84. The van der Waals surface area contributed by atoms with Crippen LogP contribution in [0.1, 0.15) is 35.9 Å². The molecule has 128 valence electrons. The molecule has 3 rings (SSSR count). The number of aryl methyl sites for hydroxylation is 1. The van der Waals surface area contributed by atoms with Crippen LogP contribution in [-0.4, -0.2) is 15.5 Å². The first-order valence-electron chi connectivity index (χ1n) is 8.24. The number of ketones is 1. The summed E-state index contributed by atoms with van der Waals surface area (Å²) < 4.78 is 6.70. The number of carbonyl (C=O) groups is 1. The van der Waals surface area contributed by atoms with Gasteiger partial charge in [0.1, 0.15) is 17.1 Å². The van der Waals surface area contributed by atoms with E-state index in [9.17, 15) is 14.7 Å². The zero-order valence-corrected chi connectivity index (χ0v) is 13.9. The number of pyridine rings is 1. The summed E-state index contributed by atoms with van der Waals surface area (Å²) in [6.45, 7) is 2.53. The van der Waals surface area contributed by atoms with Crippen LogP contribution in [0.5, 0.6) is 5.75 Å². The van der Waals surface area contributed by atoms with Crippen molar-refractivity contribution in [1.29, 1.82) is 0 Å². The Bertz CT molecular complexity index is 981. The summed E-state index contributed by atoms with van der Waals surface area (Å²) in [6.07, 6.45) is 5.95. The van der Waals surface area contributed by atoms with Crippen LogP contribution in [0, 0.1) is 0 Å². The molecule has 0 fully saturated rings. The van der Waals surface area contributed by atoms with Crippen molar-refractivity contribution in [3.8, 4) is 5.75 Å². The van der Waals surface area contributed by atoms with Crippen LogP contribution in [0.2, 0.25) is 0 Å². The second kappa shape index (κ2) is 7.21. The van der Waals surface area contributed by atoms with Crippen LogP contribution in [0.25, 0.3) is 17.0 Å². The van der Waals surface area contributed by atoms with Crippen LogP contribution < -0.4 is 5.56 Å². The second-order valence-electron chi connectivity index (χ2n) is 5.76. The van der Waals surface area contributed by atoms with Gasteiger partial charge in [-0.1, -0.05) is 25.5 Å². The summed E-state index contributed by atoms with van der Waals surface area (Å²) in [5, 5.41) is 11.0. The highest BCUT2D eigenvalue weighted by Crippen LogP contribution is 2.27. The number of aromatic nitrogens is 1. The zero-order chi connectivity index (χ0) is 17.8. The summed E-state index contributed by atoms with van der Waals surface area (Å²) in [5.74, 6) is -0.322. The van der Waals surface area contributed by atoms with Crippen LogP contribution >= 0.6 is 0 Å². The zero-order valence-electron chi connectivity index (χ0n) is 13.9. The van der Waals surface area contributed by atoms with E-state index in [1.165, 1.54) is 18.4 Å².